The quantitative estimate of drug-likeness (QED) is 0.690. The molecular weight excluding hydrogens is 260 g/mol. The van der Waals surface area contributed by atoms with E-state index >= 15 is 0 Å². The van der Waals surface area contributed by atoms with Gasteiger partial charge in [0.2, 0.25) is 0 Å². The Kier molecular flexibility index (Phi) is 4.31. The number of hydrogen-bond acceptors (Lipinski definition) is 5. The van der Waals surface area contributed by atoms with Crippen LogP contribution in [0.15, 0.2) is 0 Å². The van der Waals surface area contributed by atoms with Crippen LogP contribution in [0, 0.1) is 0 Å². The van der Waals surface area contributed by atoms with E-state index < -0.39 is 12.0 Å². The van der Waals surface area contributed by atoms with Crippen molar-refractivity contribution in [3.63, 3.8) is 0 Å². The molecule has 102 valence electrons. The minimum atomic E-state index is -0.984. The number of amides is 2. The molecule has 2 fully saturated rings. The van der Waals surface area contributed by atoms with Gasteiger partial charge in [0.15, 0.2) is 0 Å². The third-order valence-electron chi connectivity index (χ3n) is 3.10. The summed E-state index contributed by atoms with van der Waals surface area (Å²) in [5.74, 6) is -0.192. The molecule has 1 unspecified atom stereocenters. The number of urea groups is 1. The normalized spacial score (nSPS) is 28.5. The van der Waals surface area contributed by atoms with E-state index in [0.29, 0.717) is 31.4 Å². The molecule has 2 rings (SSSR count). The Labute approximate surface area is 109 Å². The number of nitrogens with zero attached hydrogens (tertiary/aromatic N) is 2. The number of rotatable bonds is 2. The molecule has 7 nitrogen and oxygen atoms in total. The summed E-state index contributed by atoms with van der Waals surface area (Å²) in [4.78, 5) is 26.2. The van der Waals surface area contributed by atoms with Gasteiger partial charge in [0.25, 0.3) is 0 Å². The first-order valence-corrected chi connectivity index (χ1v) is 6.87. The van der Waals surface area contributed by atoms with E-state index in [1.54, 1.807) is 0 Å². The lowest BCUT2D eigenvalue weighted by Crippen LogP contribution is -2.57. The van der Waals surface area contributed by atoms with Crippen LogP contribution >= 0.6 is 11.8 Å². The number of aliphatic carboxylic acids is 1. The fourth-order valence-corrected chi connectivity index (χ4v) is 3.20. The van der Waals surface area contributed by atoms with E-state index in [-0.39, 0.29) is 18.7 Å². The Morgan fingerprint density at radius 3 is 2.83 bits per heavy atom. The largest absolute Gasteiger partial charge is 0.480 e. The molecule has 2 aliphatic rings. The number of aliphatic hydroxyl groups is 1. The summed E-state index contributed by atoms with van der Waals surface area (Å²) in [6.07, 6.45) is 0. The van der Waals surface area contributed by atoms with E-state index in [4.69, 9.17) is 9.84 Å². The Hall–Kier alpha value is -0.990. The van der Waals surface area contributed by atoms with Crippen LogP contribution in [-0.2, 0) is 9.53 Å². The highest BCUT2D eigenvalue weighted by Gasteiger charge is 2.39. The highest BCUT2D eigenvalue weighted by molar-refractivity contribution is 7.99. The fraction of sp³-hybridized carbons (Fsp3) is 0.800. The number of aliphatic hydroxyl groups excluding tert-OH is 1. The molecular formula is C10H16N2O5S. The second-order valence-corrected chi connectivity index (χ2v) is 5.21. The summed E-state index contributed by atoms with van der Waals surface area (Å²) in [7, 11) is 0. The van der Waals surface area contributed by atoms with Crippen LogP contribution in [0.2, 0.25) is 0 Å². The summed E-state index contributed by atoms with van der Waals surface area (Å²) in [5, 5.41) is 18.3. The van der Waals surface area contributed by atoms with Crippen molar-refractivity contribution in [3.8, 4) is 0 Å². The van der Waals surface area contributed by atoms with Gasteiger partial charge in [0.1, 0.15) is 6.04 Å². The third-order valence-corrected chi connectivity index (χ3v) is 4.11. The monoisotopic (exact) mass is 276 g/mol. The lowest BCUT2D eigenvalue weighted by atomic mass is 10.2. The molecule has 2 amide bonds. The summed E-state index contributed by atoms with van der Waals surface area (Å²) >= 11 is 1.42. The van der Waals surface area contributed by atoms with Gasteiger partial charge in [-0.2, -0.15) is 0 Å². The minimum absolute atomic E-state index is 0.176. The van der Waals surface area contributed by atoms with Gasteiger partial charge < -0.3 is 24.7 Å². The van der Waals surface area contributed by atoms with Crippen molar-refractivity contribution in [2.24, 2.45) is 0 Å². The molecule has 2 N–H and O–H groups in total. The number of carbonyl (C=O) groups excluding carboxylic acids is 1. The summed E-state index contributed by atoms with van der Waals surface area (Å²) in [5.41, 5.74) is 0. The number of morpholine rings is 1. The first kappa shape index (κ1) is 13.4. The van der Waals surface area contributed by atoms with E-state index in [9.17, 15) is 14.7 Å². The lowest BCUT2D eigenvalue weighted by molar-refractivity contribution is -0.141. The van der Waals surface area contributed by atoms with Gasteiger partial charge in [0.05, 0.1) is 31.7 Å². The Balaban J connectivity index is 2.07. The maximum absolute atomic E-state index is 12.3. The van der Waals surface area contributed by atoms with Crippen molar-refractivity contribution >= 4 is 23.8 Å². The Morgan fingerprint density at radius 1 is 1.39 bits per heavy atom. The highest BCUT2D eigenvalue weighted by Crippen LogP contribution is 2.23. The predicted octanol–water partition coefficient (Wildman–Crippen LogP) is -0.741. The Morgan fingerprint density at radius 2 is 2.17 bits per heavy atom. The maximum Gasteiger partial charge on any atom is 0.327 e. The predicted molar refractivity (Wildman–Crippen MR) is 64.4 cm³/mol. The van der Waals surface area contributed by atoms with Gasteiger partial charge in [-0.1, -0.05) is 0 Å². The summed E-state index contributed by atoms with van der Waals surface area (Å²) < 4.78 is 5.20. The molecule has 0 spiro atoms. The van der Waals surface area contributed by atoms with Crippen molar-refractivity contribution in [2.45, 2.75) is 12.1 Å². The first-order chi connectivity index (χ1) is 8.65. The third kappa shape index (κ3) is 2.55. The van der Waals surface area contributed by atoms with E-state index in [2.05, 4.69) is 0 Å². The van der Waals surface area contributed by atoms with E-state index in [0.717, 1.165) is 0 Å². The van der Waals surface area contributed by atoms with Gasteiger partial charge in [-0.3, -0.25) is 0 Å². The van der Waals surface area contributed by atoms with Gasteiger partial charge in [-0.05, 0) is 0 Å². The van der Waals surface area contributed by atoms with Crippen molar-refractivity contribution in [2.75, 3.05) is 38.0 Å². The molecule has 0 aliphatic carbocycles. The Bertz CT molecular complexity index is 340. The molecule has 2 atom stereocenters. The van der Waals surface area contributed by atoms with Crippen molar-refractivity contribution in [1.29, 1.82) is 0 Å². The number of carboxylic acid groups (broad SMARTS) is 1. The van der Waals surface area contributed by atoms with Crippen LogP contribution in [0.5, 0.6) is 0 Å². The number of hydrogen-bond donors (Lipinski definition) is 2. The summed E-state index contributed by atoms with van der Waals surface area (Å²) in [6.45, 7) is 0.921. The van der Waals surface area contributed by atoms with Gasteiger partial charge in [-0.15, -0.1) is 11.8 Å². The van der Waals surface area contributed by atoms with Gasteiger partial charge >= 0.3 is 12.0 Å². The molecule has 2 aliphatic heterocycles. The van der Waals surface area contributed by atoms with Crippen molar-refractivity contribution in [3.05, 3.63) is 0 Å². The topological polar surface area (TPSA) is 90.3 Å². The average molecular weight is 276 g/mol. The molecule has 0 aromatic heterocycles. The van der Waals surface area contributed by atoms with Crippen LogP contribution in [-0.4, -0.2) is 82.1 Å². The SMILES string of the molecule is O=C(O)[C@@H]1CSCN1C(=O)N1CCOCC1CO. The van der Waals surface area contributed by atoms with Crippen molar-refractivity contribution < 1.29 is 24.5 Å². The number of carbonyl (C=O) groups is 2. The summed E-state index contributed by atoms with van der Waals surface area (Å²) in [6, 6.07) is -1.48. The molecule has 8 heteroatoms. The number of thioether (sulfide) groups is 1. The van der Waals surface area contributed by atoms with Crippen LogP contribution in [0.4, 0.5) is 4.79 Å². The second-order valence-electron chi connectivity index (χ2n) is 4.21. The van der Waals surface area contributed by atoms with Crippen molar-refractivity contribution in [1.82, 2.24) is 9.80 Å². The van der Waals surface area contributed by atoms with Crippen LogP contribution in [0.25, 0.3) is 0 Å². The lowest BCUT2D eigenvalue weighted by Gasteiger charge is -2.37. The number of ether oxygens (including phenoxy) is 1. The zero-order valence-corrected chi connectivity index (χ0v) is 10.6. The molecule has 0 radical (unpaired) electrons. The first-order valence-electron chi connectivity index (χ1n) is 5.71. The van der Waals surface area contributed by atoms with Gasteiger partial charge in [-0.25, -0.2) is 9.59 Å². The zero-order chi connectivity index (χ0) is 13.1. The molecule has 0 saturated carbocycles. The van der Waals surface area contributed by atoms with Crippen LogP contribution in [0.3, 0.4) is 0 Å². The highest BCUT2D eigenvalue weighted by atomic mass is 32.2. The van der Waals surface area contributed by atoms with Crippen LogP contribution < -0.4 is 0 Å². The number of carboxylic acids is 1. The molecule has 2 heterocycles. The fourth-order valence-electron chi connectivity index (χ4n) is 2.06. The minimum Gasteiger partial charge on any atom is -0.480 e. The van der Waals surface area contributed by atoms with Gasteiger partial charge in [0, 0.05) is 12.3 Å². The molecule has 2 saturated heterocycles. The average Bonchev–Trinajstić information content (AvgIpc) is 2.87. The molecule has 0 aromatic carbocycles. The molecule has 0 bridgehead atoms. The smallest absolute Gasteiger partial charge is 0.327 e. The molecule has 18 heavy (non-hydrogen) atoms. The standard InChI is InChI=1S/C10H16N2O5S/c13-3-7-4-17-2-1-11(7)10(16)12-6-18-5-8(12)9(14)15/h7-8,13H,1-6H2,(H,14,15)/t7?,8-/m0/s1. The van der Waals surface area contributed by atoms with E-state index in [1.807, 2.05) is 0 Å². The second kappa shape index (κ2) is 5.77. The van der Waals surface area contributed by atoms with Crippen LogP contribution in [0.1, 0.15) is 0 Å². The van der Waals surface area contributed by atoms with E-state index in [1.165, 1.54) is 21.6 Å². The molecule has 0 aromatic rings. The maximum atomic E-state index is 12.3. The zero-order valence-electron chi connectivity index (χ0n) is 9.82.